The number of amides is 2. The fourth-order valence-electron chi connectivity index (χ4n) is 8.02. The van der Waals surface area contributed by atoms with Crippen molar-refractivity contribution < 1.29 is 14.0 Å². The third-order valence-corrected chi connectivity index (χ3v) is 9.64. The number of aryl methyl sites for hydroxylation is 1. The Balaban J connectivity index is 1.38. The van der Waals surface area contributed by atoms with Crippen molar-refractivity contribution in [2.24, 2.45) is 34.5 Å². The molecule has 5 nitrogen and oxygen atoms in total. The van der Waals surface area contributed by atoms with Crippen molar-refractivity contribution in [3.05, 3.63) is 35.8 Å². The lowest BCUT2D eigenvalue weighted by Crippen LogP contribution is -2.60. The smallest absolute Gasteiger partial charge is 0.282 e. The second-order valence-corrected chi connectivity index (χ2v) is 11.1. The molecule has 3 saturated carbocycles. The average molecular weight is 440 g/mol. The maximum absolute atomic E-state index is 14.6. The SMILES string of the molecule is Cc1ccc(NC(=O)[C@H]2CC[C@H]3[C@@H]4CC[C@H]5N(C)C(=O)C(F)=C[C@]5(C)[C@H]4CC[C@]23C)nc1. The van der Waals surface area contributed by atoms with Crippen molar-refractivity contribution >= 4 is 17.6 Å². The van der Waals surface area contributed by atoms with Crippen LogP contribution in [0.1, 0.15) is 57.9 Å². The van der Waals surface area contributed by atoms with Gasteiger partial charge in [-0.3, -0.25) is 9.59 Å². The van der Waals surface area contributed by atoms with Gasteiger partial charge in [0.1, 0.15) is 5.82 Å². The maximum Gasteiger partial charge on any atom is 0.282 e. The minimum atomic E-state index is -0.602. The zero-order chi connectivity index (χ0) is 22.8. The Hall–Kier alpha value is -2.24. The Morgan fingerprint density at radius 2 is 1.94 bits per heavy atom. The van der Waals surface area contributed by atoms with Gasteiger partial charge in [-0.15, -0.1) is 0 Å². The molecule has 172 valence electrons. The van der Waals surface area contributed by atoms with E-state index in [1.807, 2.05) is 19.1 Å². The predicted octanol–water partition coefficient (Wildman–Crippen LogP) is 4.88. The largest absolute Gasteiger partial charge is 0.336 e. The third kappa shape index (κ3) is 3.05. The molecule has 2 amide bonds. The molecule has 0 bridgehead atoms. The van der Waals surface area contributed by atoms with Gasteiger partial charge in [0.15, 0.2) is 5.83 Å². The summed E-state index contributed by atoms with van der Waals surface area (Å²) in [6, 6.07) is 3.89. The van der Waals surface area contributed by atoms with Crippen LogP contribution >= 0.6 is 0 Å². The molecular weight excluding hydrogens is 405 g/mol. The van der Waals surface area contributed by atoms with Gasteiger partial charge in [0.2, 0.25) is 5.91 Å². The van der Waals surface area contributed by atoms with Crippen LogP contribution in [0.3, 0.4) is 0 Å². The van der Waals surface area contributed by atoms with Crippen LogP contribution < -0.4 is 5.32 Å². The van der Waals surface area contributed by atoms with Gasteiger partial charge in [-0.05, 0) is 86.3 Å². The van der Waals surface area contributed by atoms with Crippen LogP contribution in [0, 0.1) is 41.4 Å². The van der Waals surface area contributed by atoms with Crippen molar-refractivity contribution in [1.82, 2.24) is 9.88 Å². The third-order valence-electron chi connectivity index (χ3n) is 9.64. The molecule has 32 heavy (non-hydrogen) atoms. The first-order valence-corrected chi connectivity index (χ1v) is 12.0. The summed E-state index contributed by atoms with van der Waals surface area (Å²) in [5.74, 6) is 0.870. The highest BCUT2D eigenvalue weighted by Crippen LogP contribution is 2.65. The summed E-state index contributed by atoms with van der Waals surface area (Å²) in [5, 5.41) is 3.06. The van der Waals surface area contributed by atoms with Crippen LogP contribution in [0.5, 0.6) is 0 Å². The van der Waals surface area contributed by atoms with Gasteiger partial charge < -0.3 is 10.2 Å². The van der Waals surface area contributed by atoms with Gasteiger partial charge in [-0.25, -0.2) is 9.37 Å². The number of hydrogen-bond acceptors (Lipinski definition) is 3. The van der Waals surface area contributed by atoms with Crippen LogP contribution in [0.15, 0.2) is 30.2 Å². The first-order chi connectivity index (χ1) is 15.1. The number of rotatable bonds is 2. The minimum Gasteiger partial charge on any atom is -0.336 e. The molecule has 1 aromatic heterocycles. The molecule has 0 aromatic carbocycles. The Kier molecular flexibility index (Phi) is 4.99. The van der Waals surface area contributed by atoms with E-state index in [4.69, 9.17) is 0 Å². The van der Waals surface area contributed by atoms with Crippen LogP contribution in [-0.4, -0.2) is 34.8 Å². The molecular formula is C26H34FN3O2. The summed E-state index contributed by atoms with van der Waals surface area (Å²) in [7, 11) is 1.75. The number of fused-ring (bicyclic) bond motifs is 5. The molecule has 1 aromatic rings. The summed E-state index contributed by atoms with van der Waals surface area (Å²) in [4.78, 5) is 31.5. The second kappa shape index (κ2) is 7.39. The van der Waals surface area contributed by atoms with E-state index >= 15 is 0 Å². The van der Waals surface area contributed by atoms with Gasteiger partial charge in [0, 0.05) is 30.6 Å². The lowest BCUT2D eigenvalue weighted by atomic mass is 9.47. The molecule has 7 atom stereocenters. The zero-order valence-electron chi connectivity index (χ0n) is 19.5. The molecule has 2 heterocycles. The average Bonchev–Trinajstić information content (AvgIpc) is 3.11. The van der Waals surface area contributed by atoms with Gasteiger partial charge in [0.25, 0.3) is 5.91 Å². The van der Waals surface area contributed by atoms with Crippen LogP contribution in [-0.2, 0) is 9.59 Å². The molecule has 4 aliphatic rings. The van der Waals surface area contributed by atoms with E-state index in [-0.39, 0.29) is 28.7 Å². The molecule has 1 N–H and O–H groups in total. The van der Waals surface area contributed by atoms with E-state index in [1.165, 1.54) is 0 Å². The highest BCUT2D eigenvalue weighted by molar-refractivity contribution is 5.93. The summed E-state index contributed by atoms with van der Waals surface area (Å²) in [5.41, 5.74) is 0.694. The number of halogens is 1. The highest BCUT2D eigenvalue weighted by atomic mass is 19.1. The molecule has 0 saturated heterocycles. The molecule has 3 fully saturated rings. The topological polar surface area (TPSA) is 62.3 Å². The monoisotopic (exact) mass is 439 g/mol. The Morgan fingerprint density at radius 1 is 1.16 bits per heavy atom. The maximum atomic E-state index is 14.6. The number of aromatic nitrogens is 1. The number of nitrogens with one attached hydrogen (secondary N) is 1. The van der Waals surface area contributed by atoms with E-state index in [2.05, 4.69) is 24.1 Å². The molecule has 6 heteroatoms. The van der Waals surface area contributed by atoms with Gasteiger partial charge in [-0.2, -0.15) is 0 Å². The standard InChI is InChI=1S/C26H34FN3O2/c1-15-5-10-22(28-14-15)29-23(31)19-8-7-17-16-6-9-21-26(3,13-20(27)24(32)30(21)4)18(16)11-12-25(17,19)2/h5,10,13-14,16-19,21H,6-9,11-12H2,1-4H3,(H,28,29,31)/t16-,17-,18-,19+,21+,25-,26+/m0/s1. The summed E-state index contributed by atoms with van der Waals surface area (Å²) in [6.45, 7) is 6.44. The van der Waals surface area contributed by atoms with Gasteiger partial charge in [-0.1, -0.05) is 19.9 Å². The first-order valence-electron chi connectivity index (χ1n) is 12.0. The van der Waals surface area contributed by atoms with E-state index in [0.29, 0.717) is 23.6 Å². The Morgan fingerprint density at radius 3 is 2.66 bits per heavy atom. The zero-order valence-corrected chi connectivity index (χ0v) is 19.5. The first kappa shape index (κ1) is 21.6. The lowest BCUT2D eigenvalue weighted by molar-refractivity contribution is -0.144. The van der Waals surface area contributed by atoms with E-state index in [9.17, 15) is 14.0 Å². The summed E-state index contributed by atoms with van der Waals surface area (Å²) < 4.78 is 14.6. The molecule has 0 spiro atoms. The number of carbonyl (C=O) groups is 2. The molecule has 5 rings (SSSR count). The number of likely N-dealkylation sites (N-methyl/N-ethyl adjacent to an activating group) is 1. The quantitative estimate of drug-likeness (QED) is 0.714. The van der Waals surface area contributed by atoms with Crippen molar-refractivity contribution in [1.29, 1.82) is 0 Å². The normalized spacial score (nSPS) is 40.8. The van der Waals surface area contributed by atoms with Crippen molar-refractivity contribution in [2.75, 3.05) is 12.4 Å². The van der Waals surface area contributed by atoms with Crippen LogP contribution in [0.2, 0.25) is 0 Å². The fraction of sp³-hybridized carbons (Fsp3) is 0.654. The van der Waals surface area contributed by atoms with Gasteiger partial charge >= 0.3 is 0 Å². The number of hydrogen-bond donors (Lipinski definition) is 1. The van der Waals surface area contributed by atoms with E-state index in [0.717, 1.165) is 44.1 Å². The number of carbonyl (C=O) groups excluding carboxylic acids is 2. The summed E-state index contributed by atoms with van der Waals surface area (Å²) >= 11 is 0. The molecule has 0 radical (unpaired) electrons. The second-order valence-electron chi connectivity index (χ2n) is 11.1. The van der Waals surface area contributed by atoms with E-state index < -0.39 is 11.7 Å². The van der Waals surface area contributed by atoms with Crippen molar-refractivity contribution in [3.8, 4) is 0 Å². The highest BCUT2D eigenvalue weighted by Gasteiger charge is 2.62. The van der Waals surface area contributed by atoms with E-state index in [1.54, 1.807) is 24.2 Å². The van der Waals surface area contributed by atoms with Crippen molar-refractivity contribution in [2.45, 2.75) is 65.3 Å². The fourth-order valence-corrected chi connectivity index (χ4v) is 8.02. The van der Waals surface area contributed by atoms with Crippen LogP contribution in [0.4, 0.5) is 10.2 Å². The van der Waals surface area contributed by atoms with Gasteiger partial charge in [0.05, 0.1) is 0 Å². The molecule has 3 aliphatic carbocycles. The van der Waals surface area contributed by atoms with Crippen LogP contribution in [0.25, 0.3) is 0 Å². The Labute approximate surface area is 189 Å². The number of pyridine rings is 1. The molecule has 0 unspecified atom stereocenters. The number of anilines is 1. The Bertz CT molecular complexity index is 976. The minimum absolute atomic E-state index is 0.0232. The predicted molar refractivity (Wildman–Crippen MR) is 121 cm³/mol. The molecule has 1 aliphatic heterocycles. The summed E-state index contributed by atoms with van der Waals surface area (Å²) in [6.07, 6.45) is 9.24. The lowest BCUT2D eigenvalue weighted by Gasteiger charge is -2.60. The van der Waals surface area contributed by atoms with Crippen molar-refractivity contribution in [3.63, 3.8) is 0 Å². The number of nitrogens with zero attached hydrogens (tertiary/aromatic N) is 2.